The van der Waals surface area contributed by atoms with Crippen LogP contribution in [0.2, 0.25) is 0 Å². The normalized spacial score (nSPS) is 9.50. The number of benzene rings is 1. The average molecular weight is 214 g/mol. The Morgan fingerprint density at radius 2 is 1.50 bits per heavy atom. The molecule has 0 aromatic heterocycles. The molecule has 0 aliphatic heterocycles. The molecule has 0 spiro atoms. The maximum Gasteiger partial charge on any atom is 2.00 e. The molecule has 6 heteroatoms. The number of hydrogen-bond acceptors (Lipinski definition) is 3. The van der Waals surface area contributed by atoms with E-state index in [-0.39, 0.29) is 48.5 Å². The topological polar surface area (TPSA) is 94.7 Å². The van der Waals surface area contributed by atoms with Gasteiger partial charge in [0.05, 0.1) is 0 Å². The van der Waals surface area contributed by atoms with Crippen LogP contribution in [-0.2, 0) is 4.57 Å². The molecule has 0 saturated heterocycles. The third-order valence-corrected chi connectivity index (χ3v) is 2.00. The molecular weight excluding hydrogens is 207 g/mol. The van der Waals surface area contributed by atoms with Gasteiger partial charge >= 0.3 is 37.7 Å². The van der Waals surface area contributed by atoms with Crippen molar-refractivity contribution >= 4 is 50.6 Å². The van der Waals surface area contributed by atoms with Crippen LogP contribution in [0.15, 0.2) is 30.3 Å². The summed E-state index contributed by atoms with van der Waals surface area (Å²) in [6, 6.07) is 7.23. The first kappa shape index (κ1) is 15.1. The third-order valence-electron chi connectivity index (χ3n) is 1.07. The zero-order valence-electron chi connectivity index (χ0n) is 6.27. The molecule has 0 atom stereocenters. The van der Waals surface area contributed by atoms with E-state index in [4.69, 9.17) is 0 Å². The Bertz CT molecular complexity index is 258. The van der Waals surface area contributed by atoms with Gasteiger partial charge in [0, 0.05) is 0 Å². The number of rotatable bonds is 1. The Balaban J connectivity index is 0. The van der Waals surface area contributed by atoms with Gasteiger partial charge < -0.3 is 19.8 Å². The maximum absolute atomic E-state index is 10.3. The Morgan fingerprint density at radius 1 is 1.08 bits per heavy atom. The largest absolute Gasteiger partial charge is 2.00 e. The predicted molar refractivity (Wildman–Crippen MR) is 43.1 cm³/mol. The quantitative estimate of drug-likeness (QED) is 0.400. The van der Waals surface area contributed by atoms with Gasteiger partial charge in [-0.15, -0.1) is 0 Å². The summed E-state index contributed by atoms with van der Waals surface area (Å²) in [5.41, 5.74) is 0. The average Bonchev–Trinajstić information content (AvgIpc) is 1.88. The second kappa shape index (κ2) is 6.11. The van der Waals surface area contributed by atoms with Gasteiger partial charge in [-0.25, -0.2) is 0 Å². The van der Waals surface area contributed by atoms with Crippen LogP contribution >= 0.6 is 7.60 Å². The van der Waals surface area contributed by atoms with Crippen LogP contribution in [0, 0.1) is 0 Å². The minimum absolute atomic E-state index is 0. The standard InChI is InChI=1S/C6H7O3P.Ca.H2O/c7-10(8,9)6-4-2-1-3-5-6;;/h1-5H,(H2,7,8,9);;1H2/q;+2;/p-2. The SMILES string of the molecule is O.O=P([O-])([O-])c1ccccc1.[Ca+2]. The van der Waals surface area contributed by atoms with Crippen molar-refractivity contribution in [2.75, 3.05) is 0 Å². The second-order valence-corrected chi connectivity index (χ2v) is 3.34. The predicted octanol–water partition coefficient (Wildman–Crippen LogP) is -1.98. The summed E-state index contributed by atoms with van der Waals surface area (Å²) >= 11 is 0. The van der Waals surface area contributed by atoms with E-state index in [9.17, 15) is 14.4 Å². The van der Waals surface area contributed by atoms with Crippen molar-refractivity contribution in [1.29, 1.82) is 0 Å². The summed E-state index contributed by atoms with van der Waals surface area (Å²) in [6.45, 7) is 0. The van der Waals surface area contributed by atoms with E-state index < -0.39 is 7.60 Å². The van der Waals surface area contributed by atoms with Gasteiger partial charge in [-0.2, -0.15) is 0 Å². The van der Waals surface area contributed by atoms with Gasteiger partial charge in [0.2, 0.25) is 0 Å². The van der Waals surface area contributed by atoms with Crippen molar-refractivity contribution in [3.8, 4) is 0 Å². The fourth-order valence-corrected chi connectivity index (χ4v) is 1.15. The first-order valence-electron chi connectivity index (χ1n) is 2.68. The zero-order chi connectivity index (χ0) is 7.61. The maximum atomic E-state index is 10.3. The van der Waals surface area contributed by atoms with E-state index in [1.54, 1.807) is 6.07 Å². The van der Waals surface area contributed by atoms with Crippen LogP contribution in [0.1, 0.15) is 0 Å². The van der Waals surface area contributed by atoms with Crippen LogP contribution in [-0.4, -0.2) is 43.2 Å². The molecule has 1 rings (SSSR count). The fourth-order valence-electron chi connectivity index (χ4n) is 0.611. The summed E-state index contributed by atoms with van der Waals surface area (Å²) in [5.74, 6) is 0. The smallest absolute Gasteiger partial charge is 0.807 e. The van der Waals surface area contributed by atoms with Gasteiger partial charge in [0.15, 0.2) is 0 Å². The van der Waals surface area contributed by atoms with Gasteiger partial charge in [-0.1, -0.05) is 30.3 Å². The van der Waals surface area contributed by atoms with E-state index in [2.05, 4.69) is 0 Å². The van der Waals surface area contributed by atoms with E-state index in [1.807, 2.05) is 0 Å². The summed E-state index contributed by atoms with van der Waals surface area (Å²) in [7, 11) is -4.52. The minimum Gasteiger partial charge on any atom is -0.807 e. The molecule has 1 aromatic rings. The molecule has 4 nitrogen and oxygen atoms in total. The van der Waals surface area contributed by atoms with Crippen molar-refractivity contribution in [2.24, 2.45) is 0 Å². The van der Waals surface area contributed by atoms with Crippen LogP contribution in [0.4, 0.5) is 0 Å². The van der Waals surface area contributed by atoms with Gasteiger partial charge in [-0.05, 0) is 12.9 Å². The van der Waals surface area contributed by atoms with Crippen LogP contribution in [0.3, 0.4) is 0 Å². The van der Waals surface area contributed by atoms with Gasteiger partial charge in [0.1, 0.15) is 0 Å². The molecular formula is C6H7CaO4P. The summed E-state index contributed by atoms with van der Waals surface area (Å²) in [5, 5.41) is -0.157. The third kappa shape index (κ3) is 4.58. The van der Waals surface area contributed by atoms with Crippen LogP contribution in [0.5, 0.6) is 0 Å². The Morgan fingerprint density at radius 3 is 1.75 bits per heavy atom. The van der Waals surface area contributed by atoms with Crippen LogP contribution < -0.4 is 15.1 Å². The summed E-state index contributed by atoms with van der Waals surface area (Å²) in [4.78, 5) is 20.6. The minimum atomic E-state index is -4.52. The first-order chi connectivity index (χ1) is 4.61. The van der Waals surface area contributed by atoms with Crippen molar-refractivity contribution in [1.82, 2.24) is 0 Å². The van der Waals surface area contributed by atoms with Crippen molar-refractivity contribution in [3.05, 3.63) is 30.3 Å². The van der Waals surface area contributed by atoms with Gasteiger partial charge in [-0.3, -0.25) is 0 Å². The monoisotopic (exact) mass is 214 g/mol. The van der Waals surface area contributed by atoms with Crippen molar-refractivity contribution in [2.45, 2.75) is 0 Å². The zero-order valence-corrected chi connectivity index (χ0v) is 9.37. The summed E-state index contributed by atoms with van der Waals surface area (Å²) < 4.78 is 10.3. The molecule has 0 aliphatic rings. The molecule has 2 N–H and O–H groups in total. The molecule has 0 heterocycles. The van der Waals surface area contributed by atoms with Crippen molar-refractivity contribution < 1.29 is 19.8 Å². The molecule has 12 heavy (non-hydrogen) atoms. The van der Waals surface area contributed by atoms with E-state index in [0.29, 0.717) is 0 Å². The second-order valence-electron chi connectivity index (χ2n) is 1.83. The van der Waals surface area contributed by atoms with Crippen LogP contribution in [0.25, 0.3) is 0 Å². The van der Waals surface area contributed by atoms with E-state index in [0.717, 1.165) is 0 Å². The Hall–Kier alpha value is 0.590. The Kier molecular flexibility index (Phi) is 7.67. The molecule has 0 bridgehead atoms. The Labute approximate surface area is 100 Å². The first-order valence-corrected chi connectivity index (χ1v) is 4.22. The fraction of sp³-hybridized carbons (Fsp3) is 0. The molecule has 0 aliphatic carbocycles. The molecule has 0 saturated carbocycles. The van der Waals surface area contributed by atoms with Gasteiger partial charge in [0.25, 0.3) is 0 Å². The molecule has 0 amide bonds. The summed E-state index contributed by atoms with van der Waals surface area (Å²) in [6.07, 6.45) is 0. The molecule has 62 valence electrons. The molecule has 0 fully saturated rings. The van der Waals surface area contributed by atoms with E-state index >= 15 is 0 Å². The molecule has 1 aromatic carbocycles. The number of hydrogen-bond donors (Lipinski definition) is 0. The molecule has 0 unspecified atom stereocenters. The van der Waals surface area contributed by atoms with Crippen molar-refractivity contribution in [3.63, 3.8) is 0 Å². The van der Waals surface area contributed by atoms with E-state index in [1.165, 1.54) is 24.3 Å². The molecule has 0 radical (unpaired) electrons.